The summed E-state index contributed by atoms with van der Waals surface area (Å²) in [7, 11) is 0. The summed E-state index contributed by atoms with van der Waals surface area (Å²) in [6.45, 7) is 0.459. The van der Waals surface area contributed by atoms with Gasteiger partial charge in [-0.25, -0.2) is 0 Å². The molecule has 0 spiro atoms. The highest BCUT2D eigenvalue weighted by molar-refractivity contribution is 5.77. The van der Waals surface area contributed by atoms with E-state index in [9.17, 15) is 18.0 Å². The normalized spacial score (nSPS) is 12.6. The summed E-state index contributed by atoms with van der Waals surface area (Å²) in [6, 6.07) is 12.5. The Balaban J connectivity index is 1.97. The van der Waals surface area contributed by atoms with Crippen molar-refractivity contribution in [2.24, 2.45) is 17.4 Å². The predicted octanol–water partition coefficient (Wildman–Crippen LogP) is 2.92. The summed E-state index contributed by atoms with van der Waals surface area (Å²) >= 11 is 0. The van der Waals surface area contributed by atoms with Crippen LogP contribution in [0.4, 0.5) is 18.9 Å². The minimum absolute atomic E-state index is 0.185. The summed E-state index contributed by atoms with van der Waals surface area (Å²) in [4.78, 5) is 11.2. The van der Waals surface area contributed by atoms with E-state index in [4.69, 9.17) is 11.5 Å². The zero-order chi connectivity index (χ0) is 18.4. The van der Waals surface area contributed by atoms with Crippen LogP contribution in [0, 0.1) is 5.92 Å². The molecule has 134 valence electrons. The first-order chi connectivity index (χ1) is 11.8. The molecule has 5 N–H and O–H groups in total. The molecule has 7 heteroatoms. The zero-order valence-corrected chi connectivity index (χ0v) is 13.5. The monoisotopic (exact) mass is 351 g/mol. The topological polar surface area (TPSA) is 81.1 Å². The number of carbonyl (C=O) groups is 1. The minimum atomic E-state index is -4.35. The number of amides is 1. The Morgan fingerprint density at radius 1 is 1.08 bits per heavy atom. The molecule has 2 rings (SSSR count). The molecule has 0 radical (unpaired) electrons. The highest BCUT2D eigenvalue weighted by Crippen LogP contribution is 2.29. The van der Waals surface area contributed by atoms with Crippen molar-refractivity contribution in [1.29, 1.82) is 0 Å². The fourth-order valence-electron chi connectivity index (χ4n) is 2.41. The summed E-state index contributed by atoms with van der Waals surface area (Å²) in [5.41, 5.74) is 12.3. The van der Waals surface area contributed by atoms with Gasteiger partial charge < -0.3 is 16.8 Å². The van der Waals surface area contributed by atoms with Gasteiger partial charge in [-0.2, -0.15) is 13.2 Å². The smallest absolute Gasteiger partial charge is 0.381 e. The van der Waals surface area contributed by atoms with Crippen molar-refractivity contribution in [3.63, 3.8) is 0 Å². The van der Waals surface area contributed by atoms with Gasteiger partial charge in [-0.05, 0) is 41.8 Å². The second-order valence-electron chi connectivity index (χ2n) is 5.79. The molecular weight excluding hydrogens is 331 g/mol. The Hall–Kier alpha value is -2.54. The lowest BCUT2D eigenvalue weighted by Gasteiger charge is -2.12. The number of halogens is 3. The van der Waals surface area contributed by atoms with E-state index in [1.807, 2.05) is 12.1 Å². The molecule has 0 aliphatic carbocycles. The van der Waals surface area contributed by atoms with Crippen molar-refractivity contribution in [3.05, 3.63) is 65.2 Å². The van der Waals surface area contributed by atoms with E-state index >= 15 is 0 Å². The maximum absolute atomic E-state index is 12.7. The molecule has 0 saturated heterocycles. The molecule has 0 saturated carbocycles. The summed E-state index contributed by atoms with van der Waals surface area (Å²) in [6.07, 6.45) is -3.89. The molecule has 4 nitrogen and oxygen atoms in total. The van der Waals surface area contributed by atoms with Crippen molar-refractivity contribution in [1.82, 2.24) is 0 Å². The number of nitrogens with two attached hydrogens (primary N) is 2. The van der Waals surface area contributed by atoms with E-state index < -0.39 is 23.6 Å². The van der Waals surface area contributed by atoms with Crippen molar-refractivity contribution in [2.75, 3.05) is 11.9 Å². The van der Waals surface area contributed by atoms with Crippen molar-refractivity contribution >= 4 is 11.6 Å². The molecule has 0 aromatic heterocycles. The van der Waals surface area contributed by atoms with Crippen LogP contribution in [0.2, 0.25) is 0 Å². The molecular formula is C18H20F3N3O. The van der Waals surface area contributed by atoms with Gasteiger partial charge in [-0.15, -0.1) is 0 Å². The van der Waals surface area contributed by atoms with Gasteiger partial charge in [0.2, 0.25) is 5.91 Å². The third-order valence-corrected chi connectivity index (χ3v) is 3.87. The highest BCUT2D eigenvalue weighted by atomic mass is 19.4. The zero-order valence-electron chi connectivity index (χ0n) is 13.5. The minimum Gasteiger partial charge on any atom is -0.381 e. The number of primary amides is 1. The van der Waals surface area contributed by atoms with Gasteiger partial charge in [0.1, 0.15) is 0 Å². The molecule has 0 bridgehead atoms. The van der Waals surface area contributed by atoms with Gasteiger partial charge in [-0.1, -0.05) is 24.3 Å². The van der Waals surface area contributed by atoms with E-state index in [1.165, 1.54) is 6.07 Å². The van der Waals surface area contributed by atoms with Gasteiger partial charge in [0.05, 0.1) is 11.5 Å². The van der Waals surface area contributed by atoms with Gasteiger partial charge in [0.15, 0.2) is 0 Å². The molecule has 0 aliphatic heterocycles. The van der Waals surface area contributed by atoms with Crippen LogP contribution < -0.4 is 16.8 Å². The fraction of sp³-hybridized carbons (Fsp3) is 0.278. The lowest BCUT2D eigenvalue weighted by molar-refractivity contribution is -0.137. The summed E-state index contributed by atoms with van der Waals surface area (Å²) < 4.78 is 38.1. The first-order valence-corrected chi connectivity index (χ1v) is 7.78. The number of benzene rings is 2. The largest absolute Gasteiger partial charge is 0.416 e. The second-order valence-corrected chi connectivity index (χ2v) is 5.79. The first kappa shape index (κ1) is 18.8. The lowest BCUT2D eigenvalue weighted by Crippen LogP contribution is -2.31. The standard InChI is InChI=1S/C18H20F3N3O/c19-18(20,21)15-3-1-2-13(9-15)11-24-16-6-4-12(5-7-16)8-14(10-22)17(23)25/h1-7,9,14,24H,8,10-11,22H2,(H2,23,25). The summed E-state index contributed by atoms with van der Waals surface area (Å²) in [5, 5.41) is 3.07. The number of rotatable bonds is 7. The van der Waals surface area contributed by atoms with E-state index in [0.717, 1.165) is 23.4 Å². The molecule has 0 aliphatic rings. The van der Waals surface area contributed by atoms with Crippen LogP contribution in [0.3, 0.4) is 0 Å². The summed E-state index contributed by atoms with van der Waals surface area (Å²) in [5.74, 6) is -0.849. The molecule has 0 heterocycles. The highest BCUT2D eigenvalue weighted by Gasteiger charge is 2.30. The third kappa shape index (κ3) is 5.49. The Morgan fingerprint density at radius 3 is 2.32 bits per heavy atom. The van der Waals surface area contributed by atoms with Crippen molar-refractivity contribution < 1.29 is 18.0 Å². The average molecular weight is 351 g/mol. The van der Waals surface area contributed by atoms with E-state index in [2.05, 4.69) is 5.32 Å². The fourth-order valence-corrected chi connectivity index (χ4v) is 2.41. The van der Waals surface area contributed by atoms with Gasteiger partial charge in [0, 0.05) is 18.8 Å². The van der Waals surface area contributed by atoms with Crippen LogP contribution in [0.1, 0.15) is 16.7 Å². The van der Waals surface area contributed by atoms with Crippen LogP contribution in [-0.2, 0) is 23.9 Å². The molecule has 2 aromatic rings. The molecule has 1 amide bonds. The van der Waals surface area contributed by atoms with E-state index in [1.54, 1.807) is 18.2 Å². The van der Waals surface area contributed by atoms with Gasteiger partial charge >= 0.3 is 6.18 Å². The number of hydrogen-bond acceptors (Lipinski definition) is 3. The Labute approximate surface area is 144 Å². The number of carbonyl (C=O) groups excluding carboxylic acids is 1. The van der Waals surface area contributed by atoms with E-state index in [-0.39, 0.29) is 13.1 Å². The molecule has 1 atom stereocenters. The Bertz CT molecular complexity index is 714. The maximum Gasteiger partial charge on any atom is 0.416 e. The molecule has 25 heavy (non-hydrogen) atoms. The van der Waals surface area contributed by atoms with Crippen LogP contribution in [0.5, 0.6) is 0 Å². The molecule has 1 unspecified atom stereocenters. The number of alkyl halides is 3. The lowest BCUT2D eigenvalue weighted by atomic mass is 9.99. The van der Waals surface area contributed by atoms with Crippen LogP contribution in [0.15, 0.2) is 48.5 Å². The molecule has 2 aromatic carbocycles. The van der Waals surface area contributed by atoms with Crippen molar-refractivity contribution in [3.8, 4) is 0 Å². The van der Waals surface area contributed by atoms with Gasteiger partial charge in [-0.3, -0.25) is 4.79 Å². The third-order valence-electron chi connectivity index (χ3n) is 3.87. The number of anilines is 1. The Morgan fingerprint density at radius 2 is 1.76 bits per heavy atom. The second kappa shape index (κ2) is 8.02. The SMILES string of the molecule is NCC(Cc1ccc(NCc2cccc(C(F)(F)F)c2)cc1)C(N)=O. The van der Waals surface area contributed by atoms with Crippen LogP contribution in [0.25, 0.3) is 0 Å². The average Bonchev–Trinajstić information content (AvgIpc) is 2.58. The van der Waals surface area contributed by atoms with Crippen molar-refractivity contribution in [2.45, 2.75) is 19.1 Å². The Kier molecular flexibility index (Phi) is 6.03. The first-order valence-electron chi connectivity index (χ1n) is 7.78. The number of nitrogens with one attached hydrogen (secondary N) is 1. The predicted molar refractivity (Wildman–Crippen MR) is 90.7 cm³/mol. The quantitative estimate of drug-likeness (QED) is 0.717. The maximum atomic E-state index is 12.7. The van der Waals surface area contributed by atoms with Crippen LogP contribution in [-0.4, -0.2) is 12.5 Å². The van der Waals surface area contributed by atoms with Crippen LogP contribution >= 0.6 is 0 Å². The van der Waals surface area contributed by atoms with Gasteiger partial charge in [0.25, 0.3) is 0 Å². The molecule has 0 fully saturated rings. The van der Waals surface area contributed by atoms with E-state index in [0.29, 0.717) is 12.0 Å². The number of hydrogen-bond donors (Lipinski definition) is 3.